The van der Waals surface area contributed by atoms with Gasteiger partial charge in [-0.1, -0.05) is 58.1 Å². The number of esters is 1. The Morgan fingerprint density at radius 3 is 2.35 bits per heavy atom. The minimum Gasteiger partial charge on any atom is -0.452 e. The van der Waals surface area contributed by atoms with Crippen molar-refractivity contribution in [1.82, 2.24) is 10.2 Å². The molecule has 170 valence electrons. The molecule has 0 unspecified atom stereocenters. The van der Waals surface area contributed by atoms with Gasteiger partial charge < -0.3 is 15.0 Å². The van der Waals surface area contributed by atoms with Gasteiger partial charge in [0.15, 0.2) is 6.61 Å². The fourth-order valence-electron chi connectivity index (χ4n) is 4.91. The third-order valence-electron chi connectivity index (χ3n) is 7.21. The predicted octanol–water partition coefficient (Wildman–Crippen LogP) is 4.19. The second-order valence-corrected chi connectivity index (χ2v) is 9.27. The quantitative estimate of drug-likeness (QED) is 0.690. The third kappa shape index (κ3) is 5.86. The van der Waals surface area contributed by atoms with Gasteiger partial charge in [0.05, 0.1) is 11.1 Å². The van der Waals surface area contributed by atoms with E-state index < -0.39 is 5.97 Å². The standard InChI is InChI=1S/C25H36N2O4/c1-17-10-9-15-22(18(17)2)26-23(28)16-31-25(30)21-14-8-7-13-20(21)24(29)27(3)19-11-5-4-6-12-19/h7-8,13-14,17-19,22H,4-6,9-12,15-16H2,1-3H3,(H,26,28)/t17-,18+,22-/m1/s1. The van der Waals surface area contributed by atoms with Crippen LogP contribution in [-0.2, 0) is 9.53 Å². The van der Waals surface area contributed by atoms with E-state index in [1.807, 2.05) is 0 Å². The van der Waals surface area contributed by atoms with Crippen LogP contribution in [0, 0.1) is 11.8 Å². The van der Waals surface area contributed by atoms with E-state index in [1.54, 1.807) is 36.2 Å². The van der Waals surface area contributed by atoms with Crippen LogP contribution in [0.2, 0.25) is 0 Å². The minimum atomic E-state index is -0.638. The monoisotopic (exact) mass is 428 g/mol. The van der Waals surface area contributed by atoms with E-state index >= 15 is 0 Å². The summed E-state index contributed by atoms with van der Waals surface area (Å²) in [5.41, 5.74) is 0.540. The Balaban J connectivity index is 1.59. The first kappa shape index (κ1) is 23.3. The van der Waals surface area contributed by atoms with Gasteiger partial charge in [-0.2, -0.15) is 0 Å². The molecule has 3 atom stereocenters. The second-order valence-electron chi connectivity index (χ2n) is 9.27. The van der Waals surface area contributed by atoms with Crippen LogP contribution in [0.4, 0.5) is 0 Å². The topological polar surface area (TPSA) is 75.7 Å². The molecule has 1 aromatic rings. The zero-order chi connectivity index (χ0) is 22.4. The molecule has 0 aromatic heterocycles. The summed E-state index contributed by atoms with van der Waals surface area (Å²) in [6, 6.07) is 7.02. The van der Waals surface area contributed by atoms with E-state index in [-0.39, 0.29) is 36.1 Å². The number of rotatable bonds is 6. The Bertz CT molecular complexity index is 787. The first-order valence-corrected chi connectivity index (χ1v) is 11.7. The van der Waals surface area contributed by atoms with Gasteiger partial charge in [-0.15, -0.1) is 0 Å². The fraction of sp³-hybridized carbons (Fsp3) is 0.640. The molecule has 0 aliphatic heterocycles. The summed E-state index contributed by atoms with van der Waals surface area (Å²) in [6.07, 6.45) is 8.68. The molecule has 2 fully saturated rings. The van der Waals surface area contributed by atoms with Crippen LogP contribution in [-0.4, -0.2) is 48.4 Å². The highest BCUT2D eigenvalue weighted by molar-refractivity contribution is 6.05. The molecule has 3 rings (SSSR count). The van der Waals surface area contributed by atoms with Crippen molar-refractivity contribution in [1.29, 1.82) is 0 Å². The number of nitrogens with zero attached hydrogens (tertiary/aromatic N) is 1. The SMILES string of the molecule is C[C@H]1[C@H](C)CCC[C@H]1NC(=O)COC(=O)c1ccccc1C(=O)N(C)C1CCCCC1. The van der Waals surface area contributed by atoms with Crippen molar-refractivity contribution in [2.24, 2.45) is 11.8 Å². The summed E-state index contributed by atoms with van der Waals surface area (Å²) < 4.78 is 5.29. The number of hydrogen-bond donors (Lipinski definition) is 1. The molecule has 0 radical (unpaired) electrons. The Hall–Kier alpha value is -2.37. The summed E-state index contributed by atoms with van der Waals surface area (Å²) in [5.74, 6) is -0.125. The largest absolute Gasteiger partial charge is 0.452 e. The molecule has 2 aliphatic carbocycles. The third-order valence-corrected chi connectivity index (χ3v) is 7.21. The fourth-order valence-corrected chi connectivity index (χ4v) is 4.91. The van der Waals surface area contributed by atoms with Gasteiger partial charge in [0, 0.05) is 19.1 Å². The van der Waals surface area contributed by atoms with Gasteiger partial charge in [-0.05, 0) is 43.2 Å². The van der Waals surface area contributed by atoms with E-state index in [0.29, 0.717) is 17.4 Å². The molecular formula is C25H36N2O4. The highest BCUT2D eigenvalue weighted by Gasteiger charge is 2.29. The van der Waals surface area contributed by atoms with E-state index in [1.165, 1.54) is 12.8 Å². The van der Waals surface area contributed by atoms with Crippen molar-refractivity contribution in [3.05, 3.63) is 35.4 Å². The number of amides is 2. The molecule has 0 bridgehead atoms. The molecule has 0 spiro atoms. The van der Waals surface area contributed by atoms with Crippen molar-refractivity contribution >= 4 is 17.8 Å². The lowest BCUT2D eigenvalue weighted by Crippen LogP contribution is -2.45. The van der Waals surface area contributed by atoms with Gasteiger partial charge in [-0.25, -0.2) is 4.79 Å². The summed E-state index contributed by atoms with van der Waals surface area (Å²) >= 11 is 0. The van der Waals surface area contributed by atoms with Crippen LogP contribution in [0.3, 0.4) is 0 Å². The van der Waals surface area contributed by atoms with E-state index in [2.05, 4.69) is 19.2 Å². The Morgan fingerprint density at radius 2 is 1.65 bits per heavy atom. The lowest BCUT2D eigenvalue weighted by Gasteiger charge is -2.34. The number of hydrogen-bond acceptors (Lipinski definition) is 4. The van der Waals surface area contributed by atoms with E-state index in [9.17, 15) is 14.4 Å². The molecule has 6 heteroatoms. The normalized spacial score (nSPS) is 24.3. The van der Waals surface area contributed by atoms with Gasteiger partial charge >= 0.3 is 5.97 Å². The lowest BCUT2D eigenvalue weighted by atomic mass is 9.78. The van der Waals surface area contributed by atoms with Gasteiger partial charge in [0.25, 0.3) is 11.8 Å². The number of carbonyl (C=O) groups excluding carboxylic acids is 3. The van der Waals surface area contributed by atoms with Crippen molar-refractivity contribution in [3.8, 4) is 0 Å². The molecule has 1 aromatic carbocycles. The smallest absolute Gasteiger partial charge is 0.339 e. The number of ether oxygens (including phenoxy) is 1. The maximum Gasteiger partial charge on any atom is 0.339 e. The molecule has 2 saturated carbocycles. The molecule has 6 nitrogen and oxygen atoms in total. The van der Waals surface area contributed by atoms with Crippen LogP contribution < -0.4 is 5.32 Å². The summed E-state index contributed by atoms with van der Waals surface area (Å²) in [6.45, 7) is 4.03. The molecule has 0 heterocycles. The van der Waals surface area contributed by atoms with Gasteiger partial charge in [0.2, 0.25) is 0 Å². The predicted molar refractivity (Wildman–Crippen MR) is 120 cm³/mol. The van der Waals surface area contributed by atoms with Crippen molar-refractivity contribution in [3.63, 3.8) is 0 Å². The van der Waals surface area contributed by atoms with Crippen molar-refractivity contribution in [2.45, 2.75) is 77.3 Å². The summed E-state index contributed by atoms with van der Waals surface area (Å²) in [5, 5.41) is 3.01. The zero-order valence-electron chi connectivity index (χ0n) is 19.1. The maximum atomic E-state index is 13.1. The summed E-state index contributed by atoms with van der Waals surface area (Å²) in [7, 11) is 1.81. The van der Waals surface area contributed by atoms with Crippen LogP contribution >= 0.6 is 0 Å². The Kier molecular flexibility index (Phi) is 8.10. The first-order chi connectivity index (χ1) is 14.9. The van der Waals surface area contributed by atoms with Crippen molar-refractivity contribution < 1.29 is 19.1 Å². The molecule has 2 amide bonds. The average molecular weight is 429 g/mol. The highest BCUT2D eigenvalue weighted by Crippen LogP contribution is 2.29. The van der Waals surface area contributed by atoms with Crippen LogP contribution in [0.15, 0.2) is 24.3 Å². The summed E-state index contributed by atoms with van der Waals surface area (Å²) in [4.78, 5) is 39.9. The number of nitrogens with one attached hydrogen (secondary N) is 1. The molecule has 1 N–H and O–H groups in total. The van der Waals surface area contributed by atoms with Gasteiger partial charge in [-0.3, -0.25) is 9.59 Å². The number of carbonyl (C=O) groups is 3. The Labute approximate surface area is 185 Å². The Morgan fingerprint density at radius 1 is 0.968 bits per heavy atom. The van der Waals surface area contributed by atoms with Crippen LogP contribution in [0.25, 0.3) is 0 Å². The van der Waals surface area contributed by atoms with Crippen molar-refractivity contribution in [2.75, 3.05) is 13.7 Å². The first-order valence-electron chi connectivity index (χ1n) is 11.7. The van der Waals surface area contributed by atoms with Crippen LogP contribution in [0.5, 0.6) is 0 Å². The maximum absolute atomic E-state index is 13.1. The highest BCUT2D eigenvalue weighted by atomic mass is 16.5. The zero-order valence-corrected chi connectivity index (χ0v) is 19.1. The van der Waals surface area contributed by atoms with Crippen LogP contribution in [0.1, 0.15) is 85.9 Å². The minimum absolute atomic E-state index is 0.118. The molecular weight excluding hydrogens is 392 g/mol. The lowest BCUT2D eigenvalue weighted by molar-refractivity contribution is -0.125. The number of benzene rings is 1. The van der Waals surface area contributed by atoms with Gasteiger partial charge in [0.1, 0.15) is 0 Å². The molecule has 31 heavy (non-hydrogen) atoms. The van der Waals surface area contributed by atoms with E-state index in [0.717, 1.165) is 38.5 Å². The molecule has 0 saturated heterocycles. The molecule has 2 aliphatic rings. The van der Waals surface area contributed by atoms with E-state index in [4.69, 9.17) is 4.74 Å². The second kappa shape index (κ2) is 10.8. The average Bonchev–Trinajstić information content (AvgIpc) is 2.80.